The molecule has 0 bridgehead atoms. The summed E-state index contributed by atoms with van der Waals surface area (Å²) in [6.45, 7) is 0.439. The van der Waals surface area contributed by atoms with Crippen molar-refractivity contribution in [3.05, 3.63) is 59.8 Å². The minimum absolute atomic E-state index is 0.274. The van der Waals surface area contributed by atoms with Crippen LogP contribution in [0, 0.1) is 11.6 Å². The quantitative estimate of drug-likeness (QED) is 0.473. The van der Waals surface area contributed by atoms with E-state index in [1.165, 1.54) is 23.5 Å². The molecule has 0 spiro atoms. The van der Waals surface area contributed by atoms with Crippen LogP contribution >= 0.6 is 11.3 Å². The first kappa shape index (κ1) is 17.5. The number of nitrogens with two attached hydrogens (primary N) is 1. The second kappa shape index (κ2) is 7.37. The van der Waals surface area contributed by atoms with Gasteiger partial charge in [-0.05, 0) is 42.3 Å². The molecule has 4 rings (SSSR count). The molecule has 2 aromatic carbocycles. The van der Waals surface area contributed by atoms with Crippen LogP contribution in [0.15, 0.2) is 42.6 Å². The molecule has 0 saturated carbocycles. The highest BCUT2D eigenvalue weighted by Crippen LogP contribution is 2.28. The minimum atomic E-state index is -0.865. The fourth-order valence-electron chi connectivity index (χ4n) is 2.75. The van der Waals surface area contributed by atoms with Gasteiger partial charge in [0.15, 0.2) is 11.6 Å². The van der Waals surface area contributed by atoms with Crippen molar-refractivity contribution >= 4 is 27.4 Å². The first-order valence-corrected chi connectivity index (χ1v) is 9.10. The number of halogens is 2. The van der Waals surface area contributed by atoms with E-state index < -0.39 is 11.6 Å². The summed E-state index contributed by atoms with van der Waals surface area (Å²) >= 11 is 1.42. The standard InChI is InChI=1S/C18H16F2N6S/c19-14-3-1-10(6-15(14)20)5-13(21)9-22-18-26-25-17(27-18)11-2-4-16-12(7-11)8-23-24-16/h1-4,6-8,13H,5,9,21H2,(H,22,26)(H,23,24). The second-order valence-corrected chi connectivity index (χ2v) is 7.16. The van der Waals surface area contributed by atoms with Gasteiger partial charge in [0.1, 0.15) is 5.01 Å². The molecule has 9 heteroatoms. The number of aromatic amines is 1. The molecule has 27 heavy (non-hydrogen) atoms. The van der Waals surface area contributed by atoms with E-state index in [0.717, 1.165) is 27.5 Å². The van der Waals surface area contributed by atoms with Crippen molar-refractivity contribution in [2.24, 2.45) is 5.73 Å². The van der Waals surface area contributed by atoms with Crippen LogP contribution < -0.4 is 11.1 Å². The van der Waals surface area contributed by atoms with Gasteiger partial charge < -0.3 is 11.1 Å². The number of benzene rings is 2. The van der Waals surface area contributed by atoms with Crippen LogP contribution in [0.4, 0.5) is 13.9 Å². The fourth-order valence-corrected chi connectivity index (χ4v) is 3.49. The molecule has 6 nitrogen and oxygen atoms in total. The number of H-pyrrole nitrogens is 1. The van der Waals surface area contributed by atoms with Gasteiger partial charge in [0, 0.05) is 23.5 Å². The summed E-state index contributed by atoms with van der Waals surface area (Å²) in [6.07, 6.45) is 2.18. The summed E-state index contributed by atoms with van der Waals surface area (Å²) in [6, 6.07) is 9.45. The Morgan fingerprint density at radius 3 is 2.85 bits per heavy atom. The Hall–Kier alpha value is -2.91. The van der Waals surface area contributed by atoms with Crippen LogP contribution in [-0.2, 0) is 6.42 Å². The number of hydrogen-bond acceptors (Lipinski definition) is 6. The molecule has 0 saturated heterocycles. The van der Waals surface area contributed by atoms with Gasteiger partial charge in [-0.3, -0.25) is 5.10 Å². The Balaban J connectivity index is 1.38. The van der Waals surface area contributed by atoms with Crippen LogP contribution in [0.5, 0.6) is 0 Å². The maximum atomic E-state index is 13.3. The van der Waals surface area contributed by atoms with Gasteiger partial charge in [0.05, 0.1) is 11.7 Å². The monoisotopic (exact) mass is 386 g/mol. The first-order chi connectivity index (χ1) is 13.1. The number of fused-ring (bicyclic) bond motifs is 1. The summed E-state index contributed by atoms with van der Waals surface area (Å²) < 4.78 is 26.2. The lowest BCUT2D eigenvalue weighted by atomic mass is 10.1. The van der Waals surface area contributed by atoms with Crippen LogP contribution in [0.3, 0.4) is 0 Å². The van der Waals surface area contributed by atoms with Gasteiger partial charge in [0.25, 0.3) is 0 Å². The maximum Gasteiger partial charge on any atom is 0.206 e. The molecule has 0 amide bonds. The SMILES string of the molecule is NC(CNc1nnc(-c2ccc3[nH]ncc3c2)s1)Cc1ccc(F)c(F)c1. The van der Waals surface area contributed by atoms with E-state index in [4.69, 9.17) is 5.73 Å². The Labute approximate surface area is 157 Å². The molecule has 4 N–H and O–H groups in total. The number of aromatic nitrogens is 4. The van der Waals surface area contributed by atoms with Crippen molar-refractivity contribution in [1.29, 1.82) is 0 Å². The predicted molar refractivity (Wildman–Crippen MR) is 102 cm³/mol. The molecular formula is C18H16F2N6S. The molecule has 0 aliphatic carbocycles. The van der Waals surface area contributed by atoms with Gasteiger partial charge in [-0.15, -0.1) is 10.2 Å². The highest BCUT2D eigenvalue weighted by Gasteiger charge is 2.11. The highest BCUT2D eigenvalue weighted by atomic mass is 32.1. The smallest absolute Gasteiger partial charge is 0.206 e. The van der Waals surface area contributed by atoms with E-state index in [0.29, 0.717) is 23.7 Å². The van der Waals surface area contributed by atoms with Crippen molar-refractivity contribution in [2.75, 3.05) is 11.9 Å². The zero-order chi connectivity index (χ0) is 18.8. The van der Waals surface area contributed by atoms with Crippen molar-refractivity contribution < 1.29 is 8.78 Å². The number of anilines is 1. The number of hydrogen-bond donors (Lipinski definition) is 3. The summed E-state index contributed by atoms with van der Waals surface area (Å²) in [5.74, 6) is -1.73. The van der Waals surface area contributed by atoms with Crippen LogP contribution in [0.25, 0.3) is 21.5 Å². The zero-order valence-electron chi connectivity index (χ0n) is 14.1. The Morgan fingerprint density at radius 2 is 2.00 bits per heavy atom. The van der Waals surface area contributed by atoms with Crippen molar-refractivity contribution in [3.8, 4) is 10.6 Å². The number of nitrogens with one attached hydrogen (secondary N) is 2. The molecule has 0 aliphatic rings. The van der Waals surface area contributed by atoms with Gasteiger partial charge in [-0.25, -0.2) is 8.78 Å². The normalized spacial score (nSPS) is 12.4. The molecule has 0 radical (unpaired) electrons. The summed E-state index contributed by atoms with van der Waals surface area (Å²) in [4.78, 5) is 0. The van der Waals surface area contributed by atoms with Gasteiger partial charge >= 0.3 is 0 Å². The first-order valence-electron chi connectivity index (χ1n) is 8.29. The number of rotatable bonds is 6. The largest absolute Gasteiger partial charge is 0.359 e. The molecule has 1 unspecified atom stereocenters. The van der Waals surface area contributed by atoms with Crippen LogP contribution in [0.2, 0.25) is 0 Å². The average molecular weight is 386 g/mol. The lowest BCUT2D eigenvalue weighted by molar-refractivity contribution is 0.506. The maximum absolute atomic E-state index is 13.3. The van der Waals surface area contributed by atoms with Crippen LogP contribution in [0.1, 0.15) is 5.56 Å². The zero-order valence-corrected chi connectivity index (χ0v) is 14.9. The van der Waals surface area contributed by atoms with E-state index in [-0.39, 0.29) is 6.04 Å². The lowest BCUT2D eigenvalue weighted by Crippen LogP contribution is -2.31. The summed E-state index contributed by atoms with van der Waals surface area (Å²) in [5, 5.41) is 20.8. The number of nitrogens with zero attached hydrogens (tertiary/aromatic N) is 3. The van der Waals surface area contributed by atoms with Gasteiger partial charge in [-0.2, -0.15) is 5.10 Å². The topological polar surface area (TPSA) is 92.5 Å². The van der Waals surface area contributed by atoms with Crippen molar-refractivity contribution in [3.63, 3.8) is 0 Å². The lowest BCUT2D eigenvalue weighted by Gasteiger charge is -2.12. The van der Waals surface area contributed by atoms with E-state index in [1.807, 2.05) is 18.2 Å². The Bertz CT molecular complexity index is 1080. The van der Waals surface area contributed by atoms with E-state index in [9.17, 15) is 8.78 Å². The summed E-state index contributed by atoms with van der Waals surface area (Å²) in [5.41, 5.74) is 8.65. The molecule has 4 aromatic rings. The fraction of sp³-hybridized carbons (Fsp3) is 0.167. The third-order valence-electron chi connectivity index (χ3n) is 4.11. The molecule has 1 atom stereocenters. The van der Waals surface area contributed by atoms with Crippen molar-refractivity contribution in [1.82, 2.24) is 20.4 Å². The molecule has 0 fully saturated rings. The average Bonchev–Trinajstić information content (AvgIpc) is 3.31. The van der Waals surface area contributed by atoms with Crippen molar-refractivity contribution in [2.45, 2.75) is 12.5 Å². The predicted octanol–water partition coefficient (Wildman–Crippen LogP) is 3.34. The summed E-state index contributed by atoms with van der Waals surface area (Å²) in [7, 11) is 0. The minimum Gasteiger partial charge on any atom is -0.359 e. The third kappa shape index (κ3) is 3.93. The molecule has 0 aliphatic heterocycles. The molecule has 2 heterocycles. The van der Waals surface area contributed by atoms with Gasteiger partial charge in [-0.1, -0.05) is 17.4 Å². The molecular weight excluding hydrogens is 370 g/mol. The van der Waals surface area contributed by atoms with E-state index >= 15 is 0 Å². The Morgan fingerprint density at radius 1 is 1.11 bits per heavy atom. The highest BCUT2D eigenvalue weighted by molar-refractivity contribution is 7.18. The van der Waals surface area contributed by atoms with E-state index in [1.54, 1.807) is 6.20 Å². The van der Waals surface area contributed by atoms with E-state index in [2.05, 4.69) is 25.7 Å². The van der Waals surface area contributed by atoms with Gasteiger partial charge in [0.2, 0.25) is 5.13 Å². The molecule has 138 valence electrons. The second-order valence-electron chi connectivity index (χ2n) is 6.18. The third-order valence-corrected chi connectivity index (χ3v) is 5.04. The van der Waals surface area contributed by atoms with Crippen LogP contribution in [-0.4, -0.2) is 33.0 Å². The Kier molecular flexibility index (Phi) is 4.78. The molecule has 2 aromatic heterocycles.